The van der Waals surface area contributed by atoms with Crippen molar-refractivity contribution in [3.8, 4) is 67.5 Å². The molecule has 0 unspecified atom stereocenters. The van der Waals surface area contributed by atoms with Gasteiger partial charge in [-0.25, -0.2) is 15.0 Å². The highest BCUT2D eigenvalue weighted by atomic mass is 32.1. The van der Waals surface area contributed by atoms with Crippen molar-refractivity contribution >= 4 is 31.5 Å². The van der Waals surface area contributed by atoms with Crippen LogP contribution in [0, 0.1) is 0 Å². The first-order valence-electron chi connectivity index (χ1n) is 17.5. The highest BCUT2D eigenvalue weighted by Gasteiger charge is 2.37. The summed E-state index contributed by atoms with van der Waals surface area (Å²) in [7, 11) is 0. The minimum absolute atomic E-state index is 0.129. The second-order valence-electron chi connectivity index (χ2n) is 13.9. The van der Waals surface area contributed by atoms with Crippen molar-refractivity contribution in [3.63, 3.8) is 0 Å². The van der Waals surface area contributed by atoms with Gasteiger partial charge in [0.2, 0.25) is 0 Å². The van der Waals surface area contributed by atoms with Gasteiger partial charge in [0, 0.05) is 54.7 Å². The van der Waals surface area contributed by atoms with Crippen LogP contribution < -0.4 is 0 Å². The van der Waals surface area contributed by atoms with Crippen molar-refractivity contribution in [2.45, 2.75) is 19.3 Å². The fraction of sp³-hybridized carbons (Fsp3) is 0.0638. The van der Waals surface area contributed by atoms with Crippen molar-refractivity contribution < 1.29 is 0 Å². The van der Waals surface area contributed by atoms with Crippen LogP contribution in [0.2, 0.25) is 0 Å². The SMILES string of the molecule is CC1(C)c2ccccc2-c2c(-c3nc(-c4ccc(-c5cccnc5)cc4)nc(-c4ccc(-c5cccc6c5sc5ccccc56)cc4)n3)cccc21. The fourth-order valence-corrected chi connectivity index (χ4v) is 9.05. The van der Waals surface area contributed by atoms with Crippen LogP contribution in [0.15, 0.2) is 158 Å². The molecule has 0 amide bonds. The monoisotopic (exact) mass is 684 g/mol. The molecule has 0 N–H and O–H groups in total. The Labute approximate surface area is 306 Å². The third kappa shape index (κ3) is 4.89. The summed E-state index contributed by atoms with van der Waals surface area (Å²) in [5.41, 5.74) is 12.4. The van der Waals surface area contributed by atoms with Crippen LogP contribution >= 0.6 is 11.3 Å². The lowest BCUT2D eigenvalue weighted by molar-refractivity contribution is 0.660. The van der Waals surface area contributed by atoms with E-state index in [1.54, 1.807) is 6.20 Å². The third-order valence-electron chi connectivity index (χ3n) is 10.5. The van der Waals surface area contributed by atoms with Gasteiger partial charge in [-0.15, -0.1) is 11.3 Å². The number of hydrogen-bond acceptors (Lipinski definition) is 5. The van der Waals surface area contributed by atoms with Gasteiger partial charge in [0.1, 0.15) is 0 Å². The molecule has 9 aromatic rings. The summed E-state index contributed by atoms with van der Waals surface area (Å²) in [4.78, 5) is 19.8. The maximum atomic E-state index is 5.22. The molecule has 10 rings (SSSR count). The normalized spacial score (nSPS) is 13.0. The van der Waals surface area contributed by atoms with Crippen LogP contribution in [0.25, 0.3) is 87.7 Å². The minimum atomic E-state index is -0.129. The maximum absolute atomic E-state index is 5.22. The molecule has 1 aliphatic rings. The van der Waals surface area contributed by atoms with E-state index in [2.05, 4.69) is 158 Å². The van der Waals surface area contributed by atoms with Crippen molar-refractivity contribution in [1.82, 2.24) is 19.9 Å². The van der Waals surface area contributed by atoms with Crippen LogP contribution in [0.5, 0.6) is 0 Å². The smallest absolute Gasteiger partial charge is 0.164 e. The zero-order chi connectivity index (χ0) is 34.8. The lowest BCUT2D eigenvalue weighted by atomic mass is 9.82. The van der Waals surface area contributed by atoms with Gasteiger partial charge in [-0.1, -0.05) is 147 Å². The van der Waals surface area contributed by atoms with E-state index >= 15 is 0 Å². The molecular weight excluding hydrogens is 653 g/mol. The van der Waals surface area contributed by atoms with Crippen molar-refractivity contribution in [2.24, 2.45) is 0 Å². The van der Waals surface area contributed by atoms with E-state index in [-0.39, 0.29) is 5.41 Å². The molecule has 52 heavy (non-hydrogen) atoms. The Morgan fingerprint density at radius 3 is 1.81 bits per heavy atom. The van der Waals surface area contributed by atoms with E-state index in [9.17, 15) is 0 Å². The number of benzene rings is 6. The summed E-state index contributed by atoms with van der Waals surface area (Å²) < 4.78 is 2.61. The van der Waals surface area contributed by atoms with Crippen LogP contribution in [0.1, 0.15) is 25.0 Å². The molecule has 4 nitrogen and oxygen atoms in total. The molecule has 3 heterocycles. The molecule has 5 heteroatoms. The van der Waals surface area contributed by atoms with Gasteiger partial charge in [0.05, 0.1) is 0 Å². The lowest BCUT2D eigenvalue weighted by Gasteiger charge is -2.21. The van der Waals surface area contributed by atoms with E-state index in [0.29, 0.717) is 17.5 Å². The maximum Gasteiger partial charge on any atom is 0.164 e. The molecule has 0 radical (unpaired) electrons. The van der Waals surface area contributed by atoms with Crippen LogP contribution in [-0.4, -0.2) is 19.9 Å². The highest BCUT2D eigenvalue weighted by Crippen LogP contribution is 2.51. The molecule has 0 saturated heterocycles. The first-order chi connectivity index (χ1) is 25.5. The number of thiophene rings is 1. The van der Waals surface area contributed by atoms with Gasteiger partial charge in [-0.3, -0.25) is 4.98 Å². The molecule has 246 valence electrons. The lowest BCUT2D eigenvalue weighted by Crippen LogP contribution is -2.14. The Kier molecular flexibility index (Phi) is 6.98. The standard InChI is InChI=1S/C47H32N4S/c1-47(2)39-16-5-3-12-37(39)42-38(15-8-17-40(42)47)46-50-44(31-23-19-29(20-24-31)33-10-9-27-48-28-33)49-45(51-46)32-25-21-30(22-26-32)34-13-7-14-36-35-11-4-6-18-41(35)52-43(34)36/h3-28H,1-2H3. The summed E-state index contributed by atoms with van der Waals surface area (Å²) in [5.74, 6) is 1.95. The number of nitrogens with zero attached hydrogens (tertiary/aromatic N) is 4. The zero-order valence-electron chi connectivity index (χ0n) is 28.7. The van der Waals surface area contributed by atoms with Gasteiger partial charge < -0.3 is 0 Å². The number of fused-ring (bicyclic) bond motifs is 6. The second kappa shape index (κ2) is 11.9. The predicted molar refractivity (Wildman–Crippen MR) is 215 cm³/mol. The summed E-state index contributed by atoms with van der Waals surface area (Å²) in [6.45, 7) is 4.60. The Bertz CT molecular complexity index is 2800. The molecule has 0 bridgehead atoms. The topological polar surface area (TPSA) is 51.6 Å². The summed E-state index contributed by atoms with van der Waals surface area (Å²) in [6, 6.07) is 51.6. The molecule has 0 saturated carbocycles. The Morgan fingerprint density at radius 2 is 1.04 bits per heavy atom. The zero-order valence-corrected chi connectivity index (χ0v) is 29.5. The van der Waals surface area contributed by atoms with E-state index in [4.69, 9.17) is 15.0 Å². The van der Waals surface area contributed by atoms with E-state index in [1.165, 1.54) is 53.6 Å². The molecule has 0 atom stereocenters. The molecule has 3 aromatic heterocycles. The summed E-state index contributed by atoms with van der Waals surface area (Å²) in [6.07, 6.45) is 3.68. The van der Waals surface area contributed by atoms with Gasteiger partial charge >= 0.3 is 0 Å². The minimum Gasteiger partial charge on any atom is -0.264 e. The highest BCUT2D eigenvalue weighted by molar-refractivity contribution is 7.26. The van der Waals surface area contributed by atoms with Gasteiger partial charge in [0.15, 0.2) is 17.5 Å². The number of rotatable bonds is 5. The number of hydrogen-bond donors (Lipinski definition) is 0. The van der Waals surface area contributed by atoms with Crippen LogP contribution in [0.4, 0.5) is 0 Å². The number of pyridine rings is 1. The molecule has 0 fully saturated rings. The molecule has 0 aliphatic heterocycles. The largest absolute Gasteiger partial charge is 0.264 e. The fourth-order valence-electron chi connectivity index (χ4n) is 7.81. The predicted octanol–water partition coefficient (Wildman–Crippen LogP) is 12.3. The van der Waals surface area contributed by atoms with E-state index in [1.807, 2.05) is 23.6 Å². The summed E-state index contributed by atoms with van der Waals surface area (Å²) >= 11 is 1.85. The Hall–Kier alpha value is -6.30. The summed E-state index contributed by atoms with van der Waals surface area (Å²) in [5, 5.41) is 2.60. The van der Waals surface area contributed by atoms with Gasteiger partial charge in [-0.05, 0) is 56.6 Å². The Balaban J connectivity index is 1.12. The molecule has 0 spiro atoms. The quantitative estimate of drug-likeness (QED) is 0.181. The molecule has 1 aliphatic carbocycles. The average Bonchev–Trinajstić information content (AvgIpc) is 3.70. The van der Waals surface area contributed by atoms with Crippen molar-refractivity contribution in [1.29, 1.82) is 0 Å². The molecule has 6 aromatic carbocycles. The first kappa shape index (κ1) is 30.5. The second-order valence-corrected chi connectivity index (χ2v) is 14.9. The third-order valence-corrected chi connectivity index (χ3v) is 11.7. The van der Waals surface area contributed by atoms with Gasteiger partial charge in [-0.2, -0.15) is 0 Å². The molecular formula is C47H32N4S. The van der Waals surface area contributed by atoms with Gasteiger partial charge in [0.25, 0.3) is 0 Å². The van der Waals surface area contributed by atoms with Crippen LogP contribution in [-0.2, 0) is 5.41 Å². The average molecular weight is 685 g/mol. The number of aromatic nitrogens is 4. The van der Waals surface area contributed by atoms with Crippen molar-refractivity contribution in [3.05, 3.63) is 169 Å². The first-order valence-corrected chi connectivity index (χ1v) is 18.4. The van der Waals surface area contributed by atoms with Crippen LogP contribution in [0.3, 0.4) is 0 Å². The van der Waals surface area contributed by atoms with E-state index < -0.39 is 0 Å². The Morgan fingerprint density at radius 1 is 0.442 bits per heavy atom. The van der Waals surface area contributed by atoms with Crippen molar-refractivity contribution in [2.75, 3.05) is 0 Å². The van der Waals surface area contributed by atoms with E-state index in [0.717, 1.165) is 27.8 Å².